The van der Waals surface area contributed by atoms with Crippen molar-refractivity contribution in [3.8, 4) is 0 Å². The first kappa shape index (κ1) is 23.2. The van der Waals surface area contributed by atoms with Crippen LogP contribution in [0.25, 0.3) is 0 Å². The summed E-state index contributed by atoms with van der Waals surface area (Å²) in [6.07, 6.45) is 21.5. The number of unbranched alkanes of at least 4 members (excludes halogenated alkanes) is 11. The third-order valence-electron chi connectivity index (χ3n) is 4.43. The number of carbonyl (C=O) groups excluding carboxylic acids is 1. The van der Waals surface area contributed by atoms with Crippen LogP contribution in [0.1, 0.15) is 103 Å². The van der Waals surface area contributed by atoms with E-state index in [9.17, 15) is 9.90 Å². The van der Waals surface area contributed by atoms with Gasteiger partial charge in [0.2, 0.25) is 0 Å². The van der Waals surface area contributed by atoms with Crippen LogP contribution < -0.4 is 0 Å². The summed E-state index contributed by atoms with van der Waals surface area (Å²) in [4.78, 5) is 11.0. The third-order valence-corrected chi connectivity index (χ3v) is 4.43. The molecular weight excluding hydrogens is 300 g/mol. The molecule has 0 heterocycles. The number of carbonyl (C=O) groups is 1. The van der Waals surface area contributed by atoms with Gasteiger partial charge in [0.25, 0.3) is 0 Å². The number of rotatable bonds is 17. The first-order valence-corrected chi connectivity index (χ1v) is 10.1. The average molecular weight is 341 g/mol. The quantitative estimate of drug-likeness (QED) is 0.202. The molecule has 0 aliphatic carbocycles. The monoisotopic (exact) mass is 340 g/mol. The zero-order valence-electron chi connectivity index (χ0n) is 16.1. The van der Waals surface area contributed by atoms with Crippen molar-refractivity contribution in [3.05, 3.63) is 12.2 Å². The number of methoxy groups -OCH3 is 1. The SMILES string of the molecule is CCCCCCCC/C=C\CCCCCCC[C@H](O)CC(=O)OC. The predicted molar refractivity (Wildman–Crippen MR) is 102 cm³/mol. The highest BCUT2D eigenvalue weighted by Gasteiger charge is 2.09. The Kier molecular flexibility index (Phi) is 17.9. The van der Waals surface area contributed by atoms with Crippen LogP contribution in [0.2, 0.25) is 0 Å². The second kappa shape index (κ2) is 18.5. The van der Waals surface area contributed by atoms with Gasteiger partial charge >= 0.3 is 5.97 Å². The number of hydrogen-bond acceptors (Lipinski definition) is 3. The second-order valence-corrected chi connectivity index (χ2v) is 6.81. The maximum Gasteiger partial charge on any atom is 0.308 e. The number of esters is 1. The van der Waals surface area contributed by atoms with Gasteiger partial charge in [-0.2, -0.15) is 0 Å². The van der Waals surface area contributed by atoms with Crippen molar-refractivity contribution in [1.82, 2.24) is 0 Å². The first-order chi connectivity index (χ1) is 11.7. The summed E-state index contributed by atoms with van der Waals surface area (Å²) in [5.74, 6) is -0.324. The minimum Gasteiger partial charge on any atom is -0.469 e. The standard InChI is InChI=1S/C21H40O3/c1-3-4-5-6-7-8-9-10-11-12-13-14-15-16-17-18-20(22)19-21(23)24-2/h10-11,20,22H,3-9,12-19H2,1-2H3/b11-10-/t20-/m0/s1. The number of aliphatic hydroxyl groups excluding tert-OH is 1. The molecule has 0 aromatic rings. The van der Waals surface area contributed by atoms with E-state index in [4.69, 9.17) is 0 Å². The van der Waals surface area contributed by atoms with Crippen LogP contribution in [0.15, 0.2) is 12.2 Å². The van der Waals surface area contributed by atoms with E-state index >= 15 is 0 Å². The van der Waals surface area contributed by atoms with E-state index in [1.54, 1.807) is 0 Å². The lowest BCUT2D eigenvalue weighted by Gasteiger charge is -2.08. The summed E-state index contributed by atoms with van der Waals surface area (Å²) in [5.41, 5.74) is 0. The molecule has 3 heteroatoms. The first-order valence-electron chi connectivity index (χ1n) is 10.1. The highest BCUT2D eigenvalue weighted by molar-refractivity contribution is 5.69. The van der Waals surface area contributed by atoms with Crippen molar-refractivity contribution in [2.75, 3.05) is 7.11 Å². The molecule has 3 nitrogen and oxygen atoms in total. The Morgan fingerprint density at radius 3 is 1.92 bits per heavy atom. The topological polar surface area (TPSA) is 46.5 Å². The van der Waals surface area contributed by atoms with Crippen molar-refractivity contribution >= 4 is 5.97 Å². The minimum atomic E-state index is -0.539. The van der Waals surface area contributed by atoms with Crippen LogP contribution in [-0.4, -0.2) is 24.3 Å². The molecule has 0 rings (SSSR count). The van der Waals surface area contributed by atoms with Crippen LogP contribution >= 0.6 is 0 Å². The summed E-state index contributed by atoms with van der Waals surface area (Å²) in [5, 5.41) is 9.64. The van der Waals surface area contributed by atoms with Gasteiger partial charge < -0.3 is 9.84 Å². The highest BCUT2D eigenvalue weighted by atomic mass is 16.5. The lowest BCUT2D eigenvalue weighted by Crippen LogP contribution is -2.14. The molecule has 0 bridgehead atoms. The lowest BCUT2D eigenvalue weighted by atomic mass is 10.1. The molecule has 24 heavy (non-hydrogen) atoms. The second-order valence-electron chi connectivity index (χ2n) is 6.81. The van der Waals surface area contributed by atoms with E-state index in [0.29, 0.717) is 6.42 Å². The Morgan fingerprint density at radius 1 is 0.875 bits per heavy atom. The molecule has 0 saturated heterocycles. The highest BCUT2D eigenvalue weighted by Crippen LogP contribution is 2.11. The molecule has 0 amide bonds. The smallest absolute Gasteiger partial charge is 0.308 e. The third kappa shape index (κ3) is 17.5. The normalized spacial score (nSPS) is 12.6. The molecule has 0 unspecified atom stereocenters. The predicted octanol–water partition coefficient (Wildman–Crippen LogP) is 5.95. The van der Waals surface area contributed by atoms with Gasteiger partial charge in [-0.25, -0.2) is 0 Å². The minimum absolute atomic E-state index is 0.125. The molecule has 0 saturated carbocycles. The molecule has 0 spiro atoms. The number of hydrogen-bond donors (Lipinski definition) is 1. The molecule has 0 aliphatic heterocycles. The maximum absolute atomic E-state index is 11.0. The maximum atomic E-state index is 11.0. The van der Waals surface area contributed by atoms with Gasteiger partial charge in [-0.1, -0.05) is 76.9 Å². The van der Waals surface area contributed by atoms with E-state index in [1.807, 2.05) is 0 Å². The molecule has 0 radical (unpaired) electrons. The van der Waals surface area contributed by atoms with E-state index in [2.05, 4.69) is 23.8 Å². The summed E-state index contributed by atoms with van der Waals surface area (Å²) in [6, 6.07) is 0. The van der Waals surface area contributed by atoms with Crippen molar-refractivity contribution in [1.29, 1.82) is 0 Å². The largest absolute Gasteiger partial charge is 0.469 e. The van der Waals surface area contributed by atoms with E-state index in [0.717, 1.165) is 12.8 Å². The van der Waals surface area contributed by atoms with Gasteiger partial charge in [0.1, 0.15) is 0 Å². The Bertz CT molecular complexity index is 299. The zero-order chi connectivity index (χ0) is 17.9. The fraction of sp³-hybridized carbons (Fsp3) is 0.857. The van der Waals surface area contributed by atoms with Gasteiger partial charge in [-0.15, -0.1) is 0 Å². The van der Waals surface area contributed by atoms with Gasteiger partial charge in [-0.05, 0) is 32.1 Å². The Balaban J connectivity index is 3.22. The lowest BCUT2D eigenvalue weighted by molar-refractivity contribution is -0.142. The molecular formula is C21H40O3. The fourth-order valence-corrected chi connectivity index (χ4v) is 2.83. The van der Waals surface area contributed by atoms with Gasteiger partial charge in [-0.3, -0.25) is 4.79 Å². The molecule has 0 aromatic carbocycles. The van der Waals surface area contributed by atoms with Crippen molar-refractivity contribution in [3.63, 3.8) is 0 Å². The molecule has 142 valence electrons. The Labute approximate surface area is 149 Å². The molecule has 1 atom stereocenters. The van der Waals surface area contributed by atoms with Crippen molar-refractivity contribution in [2.45, 2.75) is 109 Å². The average Bonchev–Trinajstić information content (AvgIpc) is 2.58. The van der Waals surface area contributed by atoms with Gasteiger partial charge in [0.15, 0.2) is 0 Å². The van der Waals surface area contributed by atoms with Gasteiger partial charge in [0, 0.05) is 0 Å². The Hall–Kier alpha value is -0.830. The molecule has 1 N–H and O–H groups in total. The number of ether oxygens (including phenoxy) is 1. The summed E-state index contributed by atoms with van der Waals surface area (Å²) in [6.45, 7) is 2.26. The summed E-state index contributed by atoms with van der Waals surface area (Å²) in [7, 11) is 1.36. The van der Waals surface area contributed by atoms with Crippen molar-refractivity contribution in [2.24, 2.45) is 0 Å². The van der Waals surface area contributed by atoms with E-state index in [-0.39, 0.29) is 12.4 Å². The van der Waals surface area contributed by atoms with Crippen LogP contribution in [0.3, 0.4) is 0 Å². The van der Waals surface area contributed by atoms with E-state index in [1.165, 1.54) is 77.7 Å². The fourth-order valence-electron chi connectivity index (χ4n) is 2.83. The van der Waals surface area contributed by atoms with Crippen LogP contribution in [0, 0.1) is 0 Å². The van der Waals surface area contributed by atoms with Crippen LogP contribution in [-0.2, 0) is 9.53 Å². The molecule has 0 aromatic heterocycles. The van der Waals surface area contributed by atoms with Gasteiger partial charge in [0.05, 0.1) is 19.6 Å². The summed E-state index contributed by atoms with van der Waals surface area (Å²) < 4.78 is 4.54. The van der Waals surface area contributed by atoms with E-state index < -0.39 is 6.10 Å². The Morgan fingerprint density at radius 2 is 1.38 bits per heavy atom. The molecule has 0 fully saturated rings. The summed E-state index contributed by atoms with van der Waals surface area (Å²) >= 11 is 0. The number of aliphatic hydroxyl groups is 1. The number of allylic oxidation sites excluding steroid dienone is 2. The van der Waals surface area contributed by atoms with Crippen LogP contribution in [0.4, 0.5) is 0 Å². The molecule has 0 aliphatic rings. The van der Waals surface area contributed by atoms with Crippen LogP contribution in [0.5, 0.6) is 0 Å². The zero-order valence-corrected chi connectivity index (χ0v) is 16.1. The van der Waals surface area contributed by atoms with Crippen molar-refractivity contribution < 1.29 is 14.6 Å².